The number of carbonyl (C=O) groups is 1. The molecule has 0 saturated carbocycles. The zero-order valence-corrected chi connectivity index (χ0v) is 18.5. The molecule has 1 atom stereocenters. The van der Waals surface area contributed by atoms with Crippen molar-refractivity contribution in [1.29, 1.82) is 5.26 Å². The molecule has 0 saturated heterocycles. The Labute approximate surface area is 179 Å². The first-order valence-electron chi connectivity index (χ1n) is 8.87. The van der Waals surface area contributed by atoms with Crippen molar-refractivity contribution in [2.45, 2.75) is 32.9 Å². The SMILES string of the molecule is COc1cc(/C=C(/C#N)C(=O)N[C@H](C)c2ccccc2)cc(I)c1OC(C)C. The number of carbonyl (C=O) groups excluding carboxylic acids is 1. The second kappa shape index (κ2) is 10.1. The molecule has 2 rings (SSSR count). The van der Waals surface area contributed by atoms with Crippen molar-refractivity contribution in [3.8, 4) is 17.6 Å². The molecular weight excluding hydrogens is 467 g/mol. The fourth-order valence-electron chi connectivity index (χ4n) is 2.59. The van der Waals surface area contributed by atoms with E-state index in [4.69, 9.17) is 9.47 Å². The largest absolute Gasteiger partial charge is 0.493 e. The van der Waals surface area contributed by atoms with E-state index in [1.54, 1.807) is 19.3 Å². The zero-order chi connectivity index (χ0) is 20.7. The second-order valence-corrected chi connectivity index (χ2v) is 7.64. The molecule has 1 N–H and O–H groups in total. The molecule has 0 radical (unpaired) electrons. The van der Waals surface area contributed by atoms with Gasteiger partial charge in [-0.05, 0) is 72.7 Å². The summed E-state index contributed by atoms with van der Waals surface area (Å²) in [5, 5.41) is 12.3. The molecule has 0 fully saturated rings. The van der Waals surface area contributed by atoms with E-state index >= 15 is 0 Å². The third-order valence-corrected chi connectivity index (χ3v) is 4.73. The van der Waals surface area contributed by atoms with Crippen LogP contribution in [-0.2, 0) is 4.79 Å². The summed E-state index contributed by atoms with van der Waals surface area (Å²) in [7, 11) is 1.56. The Morgan fingerprint density at radius 1 is 1.21 bits per heavy atom. The lowest BCUT2D eigenvalue weighted by Crippen LogP contribution is -2.27. The Kier molecular flexibility index (Phi) is 7.88. The normalized spacial score (nSPS) is 12.2. The molecule has 2 aromatic carbocycles. The number of nitrogens with zero attached hydrogens (tertiary/aromatic N) is 1. The molecule has 6 heteroatoms. The highest BCUT2D eigenvalue weighted by molar-refractivity contribution is 14.1. The van der Waals surface area contributed by atoms with Gasteiger partial charge in [-0.15, -0.1) is 0 Å². The Balaban J connectivity index is 2.27. The molecule has 0 unspecified atom stereocenters. The molecule has 146 valence electrons. The van der Waals surface area contributed by atoms with Gasteiger partial charge in [0.15, 0.2) is 11.5 Å². The highest BCUT2D eigenvalue weighted by Gasteiger charge is 2.16. The lowest BCUT2D eigenvalue weighted by atomic mass is 10.1. The topological polar surface area (TPSA) is 71.3 Å². The van der Waals surface area contributed by atoms with Crippen molar-refractivity contribution >= 4 is 34.6 Å². The van der Waals surface area contributed by atoms with Gasteiger partial charge in [-0.2, -0.15) is 5.26 Å². The maximum atomic E-state index is 12.6. The number of benzene rings is 2. The van der Waals surface area contributed by atoms with Gasteiger partial charge >= 0.3 is 0 Å². The fraction of sp³-hybridized carbons (Fsp3) is 0.273. The predicted octanol–water partition coefficient (Wildman–Crippen LogP) is 4.87. The zero-order valence-electron chi connectivity index (χ0n) is 16.3. The first-order chi connectivity index (χ1) is 13.3. The number of nitriles is 1. The van der Waals surface area contributed by atoms with Gasteiger partial charge in [0.05, 0.1) is 22.8 Å². The van der Waals surface area contributed by atoms with E-state index in [0.717, 1.165) is 9.13 Å². The number of amides is 1. The van der Waals surface area contributed by atoms with Crippen LogP contribution in [0, 0.1) is 14.9 Å². The van der Waals surface area contributed by atoms with Crippen molar-refractivity contribution in [3.05, 3.63) is 62.7 Å². The molecule has 0 bridgehead atoms. The van der Waals surface area contributed by atoms with Crippen LogP contribution in [0.1, 0.15) is 37.9 Å². The quantitative estimate of drug-likeness (QED) is 0.342. The number of methoxy groups -OCH3 is 1. The molecule has 0 aliphatic heterocycles. The molecule has 28 heavy (non-hydrogen) atoms. The minimum absolute atomic E-state index is 0.00345. The predicted molar refractivity (Wildman–Crippen MR) is 118 cm³/mol. The first-order valence-corrected chi connectivity index (χ1v) is 9.95. The Bertz CT molecular complexity index is 902. The lowest BCUT2D eigenvalue weighted by Gasteiger charge is -2.16. The maximum absolute atomic E-state index is 12.6. The number of halogens is 1. The third-order valence-electron chi connectivity index (χ3n) is 3.93. The summed E-state index contributed by atoms with van der Waals surface area (Å²) in [6.07, 6.45) is 1.56. The Morgan fingerprint density at radius 2 is 1.89 bits per heavy atom. The Hall–Kier alpha value is -2.53. The van der Waals surface area contributed by atoms with Crippen LogP contribution in [0.4, 0.5) is 0 Å². The van der Waals surface area contributed by atoms with Crippen LogP contribution >= 0.6 is 22.6 Å². The van der Waals surface area contributed by atoms with Gasteiger partial charge in [0.1, 0.15) is 11.6 Å². The summed E-state index contributed by atoms with van der Waals surface area (Å²) in [6, 6.07) is 15.0. The number of ether oxygens (including phenoxy) is 2. The summed E-state index contributed by atoms with van der Waals surface area (Å²) < 4.78 is 12.1. The maximum Gasteiger partial charge on any atom is 0.262 e. The van der Waals surface area contributed by atoms with Gasteiger partial charge in [-0.3, -0.25) is 4.79 Å². The highest BCUT2D eigenvalue weighted by Crippen LogP contribution is 2.35. The summed E-state index contributed by atoms with van der Waals surface area (Å²) in [6.45, 7) is 5.76. The van der Waals surface area contributed by atoms with Crippen molar-refractivity contribution in [1.82, 2.24) is 5.32 Å². The standard InChI is InChI=1S/C22H23IN2O3/c1-14(2)28-21-19(23)11-16(12-20(21)27-4)10-18(13-24)22(26)25-15(3)17-8-6-5-7-9-17/h5-12,14-15H,1-4H3,(H,25,26)/b18-10-/t15-/m1/s1. The average Bonchev–Trinajstić information content (AvgIpc) is 2.68. The summed E-state index contributed by atoms with van der Waals surface area (Å²) >= 11 is 2.15. The fourth-order valence-corrected chi connectivity index (χ4v) is 3.34. The Morgan fingerprint density at radius 3 is 2.46 bits per heavy atom. The van der Waals surface area contributed by atoms with Crippen LogP contribution in [0.25, 0.3) is 6.08 Å². The van der Waals surface area contributed by atoms with Crippen LogP contribution in [0.15, 0.2) is 48.0 Å². The van der Waals surface area contributed by atoms with Crippen molar-refractivity contribution in [2.24, 2.45) is 0 Å². The van der Waals surface area contributed by atoms with Crippen molar-refractivity contribution in [2.75, 3.05) is 7.11 Å². The van der Waals surface area contributed by atoms with Crippen molar-refractivity contribution in [3.63, 3.8) is 0 Å². The number of hydrogen-bond donors (Lipinski definition) is 1. The molecule has 2 aromatic rings. The summed E-state index contributed by atoms with van der Waals surface area (Å²) in [5.74, 6) is 0.786. The van der Waals surface area contributed by atoms with Gasteiger partial charge in [-0.1, -0.05) is 30.3 Å². The average molecular weight is 490 g/mol. The van der Waals surface area contributed by atoms with E-state index in [0.29, 0.717) is 17.1 Å². The van der Waals surface area contributed by atoms with E-state index in [-0.39, 0.29) is 17.7 Å². The number of nitrogens with one attached hydrogen (secondary N) is 1. The van der Waals surface area contributed by atoms with Crippen LogP contribution in [0.2, 0.25) is 0 Å². The summed E-state index contributed by atoms with van der Waals surface area (Å²) in [4.78, 5) is 12.6. The highest BCUT2D eigenvalue weighted by atomic mass is 127. The molecule has 0 aliphatic rings. The molecule has 0 spiro atoms. The van der Waals surface area contributed by atoms with Crippen LogP contribution in [0.3, 0.4) is 0 Å². The second-order valence-electron chi connectivity index (χ2n) is 6.48. The first kappa shape index (κ1) is 21.8. The van der Waals surface area contributed by atoms with E-state index in [1.165, 1.54) is 0 Å². The minimum Gasteiger partial charge on any atom is -0.493 e. The smallest absolute Gasteiger partial charge is 0.262 e. The summed E-state index contributed by atoms with van der Waals surface area (Å²) in [5.41, 5.74) is 1.69. The van der Waals surface area contributed by atoms with Gasteiger partial charge in [-0.25, -0.2) is 0 Å². The minimum atomic E-state index is -0.421. The van der Waals surface area contributed by atoms with E-state index in [9.17, 15) is 10.1 Å². The van der Waals surface area contributed by atoms with E-state index < -0.39 is 5.91 Å². The number of hydrogen-bond acceptors (Lipinski definition) is 4. The number of rotatable bonds is 7. The van der Waals surface area contributed by atoms with E-state index in [2.05, 4.69) is 27.9 Å². The van der Waals surface area contributed by atoms with Gasteiger partial charge < -0.3 is 14.8 Å². The van der Waals surface area contributed by atoms with Gasteiger partial charge in [0.2, 0.25) is 0 Å². The molecule has 5 nitrogen and oxygen atoms in total. The van der Waals surface area contributed by atoms with Gasteiger partial charge in [0.25, 0.3) is 5.91 Å². The molecule has 0 aromatic heterocycles. The van der Waals surface area contributed by atoms with Crippen LogP contribution < -0.4 is 14.8 Å². The van der Waals surface area contributed by atoms with E-state index in [1.807, 2.05) is 63.2 Å². The monoisotopic (exact) mass is 490 g/mol. The van der Waals surface area contributed by atoms with Crippen LogP contribution in [0.5, 0.6) is 11.5 Å². The molecule has 1 amide bonds. The van der Waals surface area contributed by atoms with Crippen molar-refractivity contribution < 1.29 is 14.3 Å². The van der Waals surface area contributed by atoms with Crippen LogP contribution in [-0.4, -0.2) is 19.1 Å². The van der Waals surface area contributed by atoms with Gasteiger partial charge in [0, 0.05) is 0 Å². The molecule has 0 aliphatic carbocycles. The lowest BCUT2D eigenvalue weighted by molar-refractivity contribution is -0.117. The third kappa shape index (κ3) is 5.73. The molecule has 0 heterocycles. The molecular formula is C22H23IN2O3.